The lowest BCUT2D eigenvalue weighted by atomic mass is 9.80. The molecule has 100 valence electrons. The molecule has 1 saturated carbocycles. The van der Waals surface area contributed by atoms with Crippen molar-refractivity contribution in [3.63, 3.8) is 0 Å². The number of rotatable bonds is 3. The van der Waals surface area contributed by atoms with E-state index in [-0.39, 0.29) is 12.1 Å². The first kappa shape index (κ1) is 13.7. The molecule has 2 rings (SSSR count). The molecule has 1 aliphatic rings. The molecule has 0 bridgehead atoms. The van der Waals surface area contributed by atoms with Gasteiger partial charge < -0.3 is 15.6 Å². The van der Waals surface area contributed by atoms with E-state index in [1.807, 2.05) is 12.1 Å². The van der Waals surface area contributed by atoms with Crippen molar-refractivity contribution in [3.05, 3.63) is 28.8 Å². The van der Waals surface area contributed by atoms with E-state index in [1.165, 1.54) is 0 Å². The second-order valence-electron chi connectivity index (χ2n) is 4.98. The minimum atomic E-state index is -0.153. The summed E-state index contributed by atoms with van der Waals surface area (Å²) in [5, 5.41) is 10.2. The van der Waals surface area contributed by atoms with Crippen LogP contribution in [0.3, 0.4) is 0 Å². The van der Waals surface area contributed by atoms with Gasteiger partial charge in [-0.1, -0.05) is 17.7 Å². The lowest BCUT2D eigenvalue weighted by Gasteiger charge is -2.30. The number of halogens is 1. The zero-order valence-electron chi connectivity index (χ0n) is 10.6. The van der Waals surface area contributed by atoms with E-state index in [1.54, 1.807) is 13.2 Å². The lowest BCUT2D eigenvalue weighted by Crippen LogP contribution is -2.27. The highest BCUT2D eigenvalue weighted by molar-refractivity contribution is 6.31. The van der Waals surface area contributed by atoms with Crippen LogP contribution in [0.5, 0.6) is 5.75 Å². The van der Waals surface area contributed by atoms with E-state index in [4.69, 9.17) is 22.1 Å². The van der Waals surface area contributed by atoms with E-state index < -0.39 is 0 Å². The molecule has 1 aromatic carbocycles. The Kier molecular flexibility index (Phi) is 4.49. The summed E-state index contributed by atoms with van der Waals surface area (Å²) in [7, 11) is 1.62. The van der Waals surface area contributed by atoms with Crippen molar-refractivity contribution in [1.29, 1.82) is 0 Å². The third-order valence-corrected chi connectivity index (χ3v) is 4.14. The molecule has 1 aromatic rings. The molecule has 3 N–H and O–H groups in total. The number of hydrogen-bond acceptors (Lipinski definition) is 3. The molecule has 0 amide bonds. The van der Waals surface area contributed by atoms with Gasteiger partial charge in [-0.15, -0.1) is 0 Å². The van der Waals surface area contributed by atoms with Crippen LogP contribution >= 0.6 is 11.6 Å². The Balaban J connectivity index is 2.11. The van der Waals surface area contributed by atoms with Crippen LogP contribution in [0.2, 0.25) is 5.02 Å². The fourth-order valence-electron chi connectivity index (χ4n) is 2.62. The predicted molar refractivity (Wildman–Crippen MR) is 72.9 cm³/mol. The van der Waals surface area contributed by atoms with Gasteiger partial charge in [-0.2, -0.15) is 0 Å². The molecule has 0 aromatic heterocycles. The molecule has 0 aliphatic heterocycles. The fraction of sp³-hybridized carbons (Fsp3) is 0.571. The number of aliphatic hydroxyl groups excluding tert-OH is 1. The highest BCUT2D eigenvalue weighted by Gasteiger charge is 2.26. The minimum absolute atomic E-state index is 0.0593. The van der Waals surface area contributed by atoms with Gasteiger partial charge in [0.15, 0.2) is 0 Å². The minimum Gasteiger partial charge on any atom is -0.497 e. The van der Waals surface area contributed by atoms with Crippen LogP contribution in [-0.2, 0) is 0 Å². The number of methoxy groups -OCH3 is 1. The summed E-state index contributed by atoms with van der Waals surface area (Å²) in [5.41, 5.74) is 7.27. The Morgan fingerprint density at radius 2 is 2.00 bits per heavy atom. The van der Waals surface area contributed by atoms with Crippen LogP contribution in [0, 0.1) is 5.92 Å². The smallest absolute Gasteiger partial charge is 0.120 e. The number of aliphatic hydroxyl groups is 1. The SMILES string of the molecule is COc1ccc(C(N)C2CCC(O)CC2)c(Cl)c1. The van der Waals surface area contributed by atoms with Gasteiger partial charge in [0.2, 0.25) is 0 Å². The molecule has 4 heteroatoms. The molecular formula is C14H20ClNO2. The van der Waals surface area contributed by atoms with Crippen LogP contribution < -0.4 is 10.5 Å². The van der Waals surface area contributed by atoms with Gasteiger partial charge in [-0.05, 0) is 49.3 Å². The van der Waals surface area contributed by atoms with E-state index in [9.17, 15) is 5.11 Å². The largest absolute Gasteiger partial charge is 0.497 e. The first-order valence-electron chi connectivity index (χ1n) is 6.39. The quantitative estimate of drug-likeness (QED) is 0.887. The Morgan fingerprint density at radius 1 is 1.33 bits per heavy atom. The molecule has 0 radical (unpaired) electrons. The molecule has 0 saturated heterocycles. The van der Waals surface area contributed by atoms with E-state index in [0.29, 0.717) is 10.9 Å². The van der Waals surface area contributed by atoms with Crippen molar-refractivity contribution in [3.8, 4) is 5.75 Å². The van der Waals surface area contributed by atoms with Crippen molar-refractivity contribution >= 4 is 11.6 Å². The second kappa shape index (κ2) is 5.91. The van der Waals surface area contributed by atoms with Crippen LogP contribution in [0.1, 0.15) is 37.3 Å². The van der Waals surface area contributed by atoms with Gasteiger partial charge in [-0.25, -0.2) is 0 Å². The lowest BCUT2D eigenvalue weighted by molar-refractivity contribution is 0.102. The van der Waals surface area contributed by atoms with Crippen LogP contribution in [0.15, 0.2) is 18.2 Å². The second-order valence-corrected chi connectivity index (χ2v) is 5.39. The average Bonchev–Trinajstić information content (AvgIpc) is 2.38. The van der Waals surface area contributed by atoms with E-state index in [2.05, 4.69) is 0 Å². The van der Waals surface area contributed by atoms with Crippen LogP contribution in [0.4, 0.5) is 0 Å². The van der Waals surface area contributed by atoms with Gasteiger partial charge in [0, 0.05) is 11.1 Å². The normalized spacial score (nSPS) is 25.8. The van der Waals surface area contributed by atoms with Crippen molar-refractivity contribution < 1.29 is 9.84 Å². The van der Waals surface area contributed by atoms with Crippen LogP contribution in [0.25, 0.3) is 0 Å². The number of nitrogens with two attached hydrogens (primary N) is 1. The Labute approximate surface area is 113 Å². The highest BCUT2D eigenvalue weighted by atomic mass is 35.5. The first-order valence-corrected chi connectivity index (χ1v) is 6.76. The summed E-state index contributed by atoms with van der Waals surface area (Å²) in [5.74, 6) is 1.15. The molecular weight excluding hydrogens is 250 g/mol. The van der Waals surface area contributed by atoms with Crippen molar-refractivity contribution in [2.75, 3.05) is 7.11 Å². The summed E-state index contributed by atoms with van der Waals surface area (Å²) in [4.78, 5) is 0. The molecule has 0 heterocycles. The Morgan fingerprint density at radius 3 is 2.56 bits per heavy atom. The zero-order valence-corrected chi connectivity index (χ0v) is 11.4. The van der Waals surface area contributed by atoms with E-state index >= 15 is 0 Å². The summed E-state index contributed by atoms with van der Waals surface area (Å²) in [6.07, 6.45) is 3.45. The predicted octanol–water partition coefficient (Wildman–Crippen LogP) is 2.90. The van der Waals surface area contributed by atoms with Gasteiger partial charge in [0.05, 0.1) is 13.2 Å². The molecule has 1 aliphatic carbocycles. The summed E-state index contributed by atoms with van der Waals surface area (Å²) < 4.78 is 5.13. The summed E-state index contributed by atoms with van der Waals surface area (Å²) in [6, 6.07) is 5.57. The Hall–Kier alpha value is -0.770. The van der Waals surface area contributed by atoms with Gasteiger partial charge in [0.25, 0.3) is 0 Å². The van der Waals surface area contributed by atoms with Crippen molar-refractivity contribution in [2.45, 2.75) is 37.8 Å². The number of hydrogen-bond donors (Lipinski definition) is 2. The van der Waals surface area contributed by atoms with Gasteiger partial charge >= 0.3 is 0 Å². The van der Waals surface area contributed by atoms with E-state index in [0.717, 1.165) is 37.0 Å². The maximum Gasteiger partial charge on any atom is 0.120 e. The number of ether oxygens (including phenoxy) is 1. The number of benzene rings is 1. The third-order valence-electron chi connectivity index (χ3n) is 3.82. The Bertz CT molecular complexity index is 403. The van der Waals surface area contributed by atoms with Gasteiger partial charge in [0.1, 0.15) is 5.75 Å². The zero-order chi connectivity index (χ0) is 13.1. The summed E-state index contributed by atoms with van der Waals surface area (Å²) >= 11 is 6.24. The topological polar surface area (TPSA) is 55.5 Å². The molecule has 0 spiro atoms. The highest BCUT2D eigenvalue weighted by Crippen LogP contribution is 2.36. The monoisotopic (exact) mass is 269 g/mol. The molecule has 18 heavy (non-hydrogen) atoms. The molecule has 3 nitrogen and oxygen atoms in total. The van der Waals surface area contributed by atoms with Crippen molar-refractivity contribution in [1.82, 2.24) is 0 Å². The van der Waals surface area contributed by atoms with Crippen LogP contribution in [-0.4, -0.2) is 18.3 Å². The summed E-state index contributed by atoms with van der Waals surface area (Å²) in [6.45, 7) is 0. The molecule has 1 unspecified atom stereocenters. The van der Waals surface area contributed by atoms with Crippen molar-refractivity contribution in [2.24, 2.45) is 11.7 Å². The third kappa shape index (κ3) is 2.97. The molecule has 1 atom stereocenters. The first-order chi connectivity index (χ1) is 8.61. The standard InChI is InChI=1S/C14H20ClNO2/c1-18-11-6-7-12(13(15)8-11)14(16)9-2-4-10(17)5-3-9/h6-10,14,17H,2-5,16H2,1H3. The maximum atomic E-state index is 9.52. The van der Waals surface area contributed by atoms with Gasteiger partial charge in [-0.3, -0.25) is 0 Å². The molecule has 1 fully saturated rings. The maximum absolute atomic E-state index is 9.52. The fourth-order valence-corrected chi connectivity index (χ4v) is 2.92. The average molecular weight is 270 g/mol.